The highest BCUT2D eigenvalue weighted by Crippen LogP contribution is 2.19. The first-order valence-corrected chi connectivity index (χ1v) is 9.23. The van der Waals surface area contributed by atoms with Crippen LogP contribution in [0.4, 0.5) is 0 Å². The first-order chi connectivity index (χ1) is 13.2. The summed E-state index contributed by atoms with van der Waals surface area (Å²) in [5, 5.41) is 2.97. The number of ether oxygens (including phenoxy) is 1. The summed E-state index contributed by atoms with van der Waals surface area (Å²) in [5.74, 6) is 0.801. The Morgan fingerprint density at radius 1 is 1.19 bits per heavy atom. The first kappa shape index (κ1) is 18.9. The maximum Gasteiger partial charge on any atom is 0.225 e. The quantitative estimate of drug-likeness (QED) is 0.814. The average molecular weight is 367 g/mol. The summed E-state index contributed by atoms with van der Waals surface area (Å²) in [4.78, 5) is 30.5. The zero-order valence-corrected chi connectivity index (χ0v) is 15.6. The van der Waals surface area contributed by atoms with Crippen LogP contribution >= 0.6 is 0 Å². The van der Waals surface area contributed by atoms with Gasteiger partial charge in [-0.2, -0.15) is 0 Å². The van der Waals surface area contributed by atoms with E-state index >= 15 is 0 Å². The van der Waals surface area contributed by atoms with Crippen molar-refractivity contribution >= 4 is 11.8 Å². The summed E-state index contributed by atoms with van der Waals surface area (Å²) in [6.07, 6.45) is 5.22. The van der Waals surface area contributed by atoms with Crippen LogP contribution < -0.4 is 10.1 Å². The Balaban J connectivity index is 1.50. The number of carbonyl (C=O) groups excluding carboxylic acids is 2. The zero-order valence-electron chi connectivity index (χ0n) is 15.6. The molecule has 6 nitrogen and oxygen atoms in total. The van der Waals surface area contributed by atoms with Crippen LogP contribution in [0.15, 0.2) is 48.8 Å². The molecule has 6 heteroatoms. The van der Waals surface area contributed by atoms with E-state index in [4.69, 9.17) is 4.74 Å². The smallest absolute Gasteiger partial charge is 0.225 e. The van der Waals surface area contributed by atoms with Gasteiger partial charge in [0.15, 0.2) is 0 Å². The Kier molecular flexibility index (Phi) is 6.41. The van der Waals surface area contributed by atoms with Gasteiger partial charge in [0.2, 0.25) is 11.8 Å². The lowest BCUT2D eigenvalue weighted by atomic mass is 9.96. The van der Waals surface area contributed by atoms with Gasteiger partial charge in [-0.25, -0.2) is 0 Å². The molecule has 1 aromatic heterocycles. The number of nitrogens with zero attached hydrogens (tertiary/aromatic N) is 2. The lowest BCUT2D eigenvalue weighted by molar-refractivity contribution is -0.138. The van der Waals surface area contributed by atoms with Gasteiger partial charge in [-0.05, 0) is 48.2 Å². The average Bonchev–Trinajstić information content (AvgIpc) is 2.72. The van der Waals surface area contributed by atoms with E-state index in [1.165, 1.54) is 0 Å². The molecule has 0 bridgehead atoms. The fourth-order valence-corrected chi connectivity index (χ4v) is 3.24. The van der Waals surface area contributed by atoms with Crippen molar-refractivity contribution in [3.05, 3.63) is 59.9 Å². The molecule has 1 saturated heterocycles. The van der Waals surface area contributed by atoms with Gasteiger partial charge in [-0.1, -0.05) is 12.1 Å². The molecule has 2 amide bonds. The van der Waals surface area contributed by atoms with E-state index in [1.54, 1.807) is 19.5 Å². The van der Waals surface area contributed by atoms with Crippen molar-refractivity contribution in [1.29, 1.82) is 0 Å². The van der Waals surface area contributed by atoms with Gasteiger partial charge < -0.3 is 15.0 Å². The molecule has 3 rings (SSSR count). The molecule has 1 atom stereocenters. The van der Waals surface area contributed by atoms with Gasteiger partial charge in [0.05, 0.1) is 13.0 Å². The molecule has 1 fully saturated rings. The number of aromatic nitrogens is 1. The summed E-state index contributed by atoms with van der Waals surface area (Å²) in [7, 11) is 1.64. The molecule has 0 radical (unpaired) electrons. The Bertz CT molecular complexity index is 762. The van der Waals surface area contributed by atoms with Gasteiger partial charge in [0.1, 0.15) is 5.75 Å². The van der Waals surface area contributed by atoms with Crippen molar-refractivity contribution in [2.75, 3.05) is 20.2 Å². The summed E-state index contributed by atoms with van der Waals surface area (Å²) >= 11 is 0. The molecular formula is C21H25N3O3. The minimum absolute atomic E-state index is 0.00811. The molecule has 1 aromatic carbocycles. The number of amides is 2. The van der Waals surface area contributed by atoms with Crippen molar-refractivity contribution in [2.45, 2.75) is 25.8 Å². The predicted molar refractivity (Wildman–Crippen MR) is 102 cm³/mol. The van der Waals surface area contributed by atoms with E-state index in [9.17, 15) is 9.59 Å². The molecule has 0 spiro atoms. The van der Waals surface area contributed by atoms with E-state index in [1.807, 2.05) is 41.3 Å². The SMILES string of the molecule is COc1ccc(CCN2C[C@@H](C(=O)NCc3ccncc3)CCC2=O)cc1. The van der Waals surface area contributed by atoms with Gasteiger partial charge in [0.25, 0.3) is 0 Å². The minimum atomic E-state index is -0.152. The Morgan fingerprint density at radius 2 is 1.93 bits per heavy atom. The van der Waals surface area contributed by atoms with Crippen molar-refractivity contribution in [1.82, 2.24) is 15.2 Å². The predicted octanol–water partition coefficient (Wildman–Crippen LogP) is 2.19. The number of nitrogens with one attached hydrogen (secondary N) is 1. The van der Waals surface area contributed by atoms with Gasteiger partial charge in [-0.15, -0.1) is 0 Å². The Labute approximate surface area is 159 Å². The number of piperidine rings is 1. The molecule has 0 saturated carbocycles. The van der Waals surface area contributed by atoms with Crippen molar-refractivity contribution in [2.24, 2.45) is 5.92 Å². The highest BCUT2D eigenvalue weighted by molar-refractivity contribution is 5.83. The number of likely N-dealkylation sites (tertiary alicyclic amines) is 1. The molecule has 27 heavy (non-hydrogen) atoms. The fourth-order valence-electron chi connectivity index (χ4n) is 3.24. The molecule has 142 valence electrons. The van der Waals surface area contributed by atoms with Crippen LogP contribution in [0.1, 0.15) is 24.0 Å². The fraction of sp³-hybridized carbons (Fsp3) is 0.381. The number of rotatable bonds is 7. The third kappa shape index (κ3) is 5.29. The third-order valence-corrected chi connectivity index (χ3v) is 4.92. The van der Waals surface area contributed by atoms with E-state index < -0.39 is 0 Å². The normalized spacial score (nSPS) is 16.9. The second kappa shape index (κ2) is 9.16. The number of hydrogen-bond acceptors (Lipinski definition) is 4. The number of benzene rings is 1. The first-order valence-electron chi connectivity index (χ1n) is 9.23. The molecule has 0 unspecified atom stereocenters. The monoisotopic (exact) mass is 367 g/mol. The van der Waals surface area contributed by atoms with Gasteiger partial charge in [-0.3, -0.25) is 14.6 Å². The Hall–Kier alpha value is -2.89. The van der Waals surface area contributed by atoms with Crippen LogP contribution in [0.25, 0.3) is 0 Å². The van der Waals surface area contributed by atoms with E-state index in [0.717, 1.165) is 23.3 Å². The molecule has 1 aliphatic rings. The maximum atomic E-state index is 12.5. The number of carbonyl (C=O) groups is 2. The molecule has 0 aliphatic carbocycles. The molecule has 1 aliphatic heterocycles. The lowest BCUT2D eigenvalue weighted by Gasteiger charge is -2.32. The molecule has 2 heterocycles. The van der Waals surface area contributed by atoms with Crippen LogP contribution in [0, 0.1) is 5.92 Å². The van der Waals surface area contributed by atoms with Crippen molar-refractivity contribution in [3.63, 3.8) is 0 Å². The largest absolute Gasteiger partial charge is 0.497 e. The lowest BCUT2D eigenvalue weighted by Crippen LogP contribution is -2.46. The van der Waals surface area contributed by atoms with Crippen molar-refractivity contribution in [3.8, 4) is 5.75 Å². The topological polar surface area (TPSA) is 71.5 Å². The Morgan fingerprint density at radius 3 is 2.63 bits per heavy atom. The van der Waals surface area contributed by atoms with Crippen LogP contribution in [0.3, 0.4) is 0 Å². The van der Waals surface area contributed by atoms with E-state index in [-0.39, 0.29) is 17.7 Å². The second-order valence-corrected chi connectivity index (χ2v) is 6.75. The van der Waals surface area contributed by atoms with Crippen molar-refractivity contribution < 1.29 is 14.3 Å². The van der Waals surface area contributed by atoms with Gasteiger partial charge in [0, 0.05) is 38.4 Å². The van der Waals surface area contributed by atoms with E-state index in [2.05, 4.69) is 10.3 Å². The second-order valence-electron chi connectivity index (χ2n) is 6.75. The number of pyridine rings is 1. The molecular weight excluding hydrogens is 342 g/mol. The minimum Gasteiger partial charge on any atom is -0.497 e. The van der Waals surface area contributed by atoms with Crippen LogP contribution in [0.5, 0.6) is 5.75 Å². The highest BCUT2D eigenvalue weighted by Gasteiger charge is 2.29. The molecule has 2 aromatic rings. The molecule has 1 N–H and O–H groups in total. The highest BCUT2D eigenvalue weighted by atomic mass is 16.5. The van der Waals surface area contributed by atoms with Crippen LogP contribution in [-0.4, -0.2) is 41.9 Å². The summed E-state index contributed by atoms with van der Waals surface area (Å²) in [6, 6.07) is 11.6. The van der Waals surface area contributed by atoms with Crippen LogP contribution in [-0.2, 0) is 22.6 Å². The number of hydrogen-bond donors (Lipinski definition) is 1. The summed E-state index contributed by atoms with van der Waals surface area (Å²) < 4.78 is 5.16. The number of methoxy groups -OCH3 is 1. The summed E-state index contributed by atoms with van der Waals surface area (Å²) in [6.45, 7) is 1.59. The van der Waals surface area contributed by atoms with Gasteiger partial charge >= 0.3 is 0 Å². The summed E-state index contributed by atoms with van der Waals surface area (Å²) in [5.41, 5.74) is 2.16. The third-order valence-electron chi connectivity index (χ3n) is 4.92. The van der Waals surface area contributed by atoms with E-state index in [0.29, 0.717) is 32.5 Å². The maximum absolute atomic E-state index is 12.5. The standard InChI is InChI=1S/C21H25N3O3/c1-27-19-5-2-16(3-6-19)10-13-24-15-18(4-7-20(24)25)21(26)23-14-17-8-11-22-12-9-17/h2-3,5-6,8-9,11-12,18H,4,7,10,13-15H2,1H3,(H,23,26)/t18-/m0/s1. The zero-order chi connectivity index (χ0) is 19.1. The van der Waals surface area contributed by atoms with Crippen LogP contribution in [0.2, 0.25) is 0 Å².